The summed E-state index contributed by atoms with van der Waals surface area (Å²) in [5.41, 5.74) is 0.356. The van der Waals surface area contributed by atoms with Gasteiger partial charge in [0.2, 0.25) is 15.9 Å². The summed E-state index contributed by atoms with van der Waals surface area (Å²) in [6.45, 7) is 2.94. The number of piperidine rings is 1. The molecule has 2 amide bonds. The van der Waals surface area contributed by atoms with Gasteiger partial charge in [0.25, 0.3) is 5.91 Å². The number of anilines is 1. The molecule has 2 aliphatic rings. The highest BCUT2D eigenvalue weighted by atomic mass is 32.2. The topological polar surface area (TPSA) is 105 Å². The highest BCUT2D eigenvalue weighted by Crippen LogP contribution is 2.32. The third-order valence-electron chi connectivity index (χ3n) is 4.40. The van der Waals surface area contributed by atoms with Crippen LogP contribution in [0.15, 0.2) is 23.1 Å². The fraction of sp³-hybridized carbons (Fsp3) is 0.500. The van der Waals surface area contributed by atoms with Gasteiger partial charge in [-0.15, -0.1) is 0 Å². The van der Waals surface area contributed by atoms with Gasteiger partial charge in [-0.25, -0.2) is 8.42 Å². The molecule has 2 N–H and O–H groups in total. The van der Waals surface area contributed by atoms with E-state index in [1.165, 1.54) is 16.4 Å². The fourth-order valence-electron chi connectivity index (χ4n) is 3.05. The van der Waals surface area contributed by atoms with Crippen LogP contribution in [0, 0.1) is 5.92 Å². The number of nitrogens with one attached hydrogen (secondary N) is 2. The first-order valence-corrected chi connectivity index (χ1v) is 9.70. The molecule has 9 heteroatoms. The molecule has 25 heavy (non-hydrogen) atoms. The van der Waals surface area contributed by atoms with E-state index in [4.69, 9.17) is 4.74 Å². The molecule has 2 heterocycles. The van der Waals surface area contributed by atoms with Gasteiger partial charge in [0.05, 0.1) is 10.6 Å². The zero-order valence-corrected chi connectivity index (χ0v) is 14.8. The summed E-state index contributed by atoms with van der Waals surface area (Å²) in [5, 5.41) is 5.39. The molecule has 0 spiro atoms. The normalized spacial score (nSPS) is 18.8. The molecular formula is C16H21N3O5S. The van der Waals surface area contributed by atoms with Gasteiger partial charge in [-0.1, -0.05) is 0 Å². The van der Waals surface area contributed by atoms with E-state index < -0.39 is 10.0 Å². The average molecular weight is 367 g/mol. The number of carbonyl (C=O) groups is 2. The molecule has 0 aliphatic carbocycles. The first-order chi connectivity index (χ1) is 11.9. The van der Waals surface area contributed by atoms with Crippen LogP contribution in [0.25, 0.3) is 0 Å². The molecular weight excluding hydrogens is 346 g/mol. The molecule has 0 bridgehead atoms. The summed E-state index contributed by atoms with van der Waals surface area (Å²) in [6.07, 6.45) is 0.992. The summed E-state index contributed by atoms with van der Waals surface area (Å²) < 4.78 is 32.3. The molecule has 8 nitrogen and oxygen atoms in total. The predicted molar refractivity (Wildman–Crippen MR) is 90.7 cm³/mol. The Bertz CT molecular complexity index is 785. The van der Waals surface area contributed by atoms with Crippen molar-refractivity contribution in [3.63, 3.8) is 0 Å². The zero-order valence-electron chi connectivity index (χ0n) is 13.9. The van der Waals surface area contributed by atoms with Crippen molar-refractivity contribution in [2.75, 3.05) is 31.6 Å². The number of amides is 2. The lowest BCUT2D eigenvalue weighted by molar-refractivity contribution is -0.126. The number of ether oxygens (including phenoxy) is 1. The Balaban J connectivity index is 1.74. The maximum absolute atomic E-state index is 12.8. The summed E-state index contributed by atoms with van der Waals surface area (Å²) >= 11 is 0. The van der Waals surface area contributed by atoms with Crippen LogP contribution in [0.1, 0.15) is 19.8 Å². The van der Waals surface area contributed by atoms with Gasteiger partial charge in [-0.3, -0.25) is 9.59 Å². The number of nitrogens with zero attached hydrogens (tertiary/aromatic N) is 1. The molecule has 1 aromatic carbocycles. The van der Waals surface area contributed by atoms with Crippen LogP contribution in [-0.4, -0.2) is 50.8 Å². The minimum atomic E-state index is -3.68. The van der Waals surface area contributed by atoms with Gasteiger partial charge in [0, 0.05) is 25.6 Å². The second-order valence-electron chi connectivity index (χ2n) is 6.07. The predicted octanol–water partition coefficient (Wildman–Crippen LogP) is 0.554. The van der Waals surface area contributed by atoms with Gasteiger partial charge in [-0.05, 0) is 38.0 Å². The number of carbonyl (C=O) groups excluding carboxylic acids is 2. The van der Waals surface area contributed by atoms with E-state index in [9.17, 15) is 18.0 Å². The maximum Gasteiger partial charge on any atom is 0.262 e. The Morgan fingerprint density at radius 1 is 1.36 bits per heavy atom. The third-order valence-corrected chi connectivity index (χ3v) is 6.29. The summed E-state index contributed by atoms with van der Waals surface area (Å²) in [6, 6.07) is 4.43. The Hall–Kier alpha value is -2.13. The molecule has 1 fully saturated rings. The number of hydrogen-bond acceptors (Lipinski definition) is 5. The lowest BCUT2D eigenvalue weighted by Crippen LogP contribution is -2.43. The Morgan fingerprint density at radius 3 is 2.76 bits per heavy atom. The van der Waals surface area contributed by atoms with E-state index in [2.05, 4.69) is 10.6 Å². The maximum atomic E-state index is 12.8. The van der Waals surface area contributed by atoms with E-state index in [0.717, 1.165) is 0 Å². The molecule has 2 aliphatic heterocycles. The quantitative estimate of drug-likeness (QED) is 0.809. The molecule has 3 rings (SSSR count). The molecule has 0 unspecified atom stereocenters. The first kappa shape index (κ1) is 17.7. The van der Waals surface area contributed by atoms with Gasteiger partial charge in [-0.2, -0.15) is 4.31 Å². The Labute approximate surface area is 146 Å². The number of fused-ring (bicyclic) bond motifs is 1. The largest absolute Gasteiger partial charge is 0.482 e. The lowest BCUT2D eigenvalue weighted by Gasteiger charge is -2.30. The van der Waals surface area contributed by atoms with Crippen LogP contribution < -0.4 is 15.4 Å². The molecule has 136 valence electrons. The van der Waals surface area contributed by atoms with Gasteiger partial charge >= 0.3 is 0 Å². The number of sulfonamides is 1. The van der Waals surface area contributed by atoms with Crippen molar-refractivity contribution in [1.82, 2.24) is 9.62 Å². The molecule has 0 atom stereocenters. The van der Waals surface area contributed by atoms with E-state index in [1.807, 2.05) is 6.92 Å². The van der Waals surface area contributed by atoms with Crippen molar-refractivity contribution in [2.45, 2.75) is 24.7 Å². The summed E-state index contributed by atoms with van der Waals surface area (Å²) in [7, 11) is -3.68. The second kappa shape index (κ2) is 7.01. The van der Waals surface area contributed by atoms with Crippen molar-refractivity contribution in [3.8, 4) is 5.75 Å². The molecule has 0 saturated carbocycles. The van der Waals surface area contributed by atoms with Crippen LogP contribution in [0.3, 0.4) is 0 Å². The van der Waals surface area contributed by atoms with Crippen LogP contribution in [0.5, 0.6) is 5.75 Å². The molecule has 1 saturated heterocycles. The smallest absolute Gasteiger partial charge is 0.262 e. The van der Waals surface area contributed by atoms with Gasteiger partial charge in [0.1, 0.15) is 5.75 Å². The van der Waals surface area contributed by atoms with Crippen LogP contribution in [0.2, 0.25) is 0 Å². The van der Waals surface area contributed by atoms with E-state index in [0.29, 0.717) is 43.9 Å². The van der Waals surface area contributed by atoms with Crippen molar-refractivity contribution < 1.29 is 22.7 Å². The highest BCUT2D eigenvalue weighted by molar-refractivity contribution is 7.89. The summed E-state index contributed by atoms with van der Waals surface area (Å²) in [4.78, 5) is 23.4. The highest BCUT2D eigenvalue weighted by Gasteiger charge is 2.32. The van der Waals surface area contributed by atoms with Gasteiger partial charge in [0.15, 0.2) is 6.61 Å². The fourth-order valence-corrected chi connectivity index (χ4v) is 4.55. The number of rotatable bonds is 4. The van der Waals surface area contributed by atoms with Crippen molar-refractivity contribution >= 4 is 27.5 Å². The lowest BCUT2D eigenvalue weighted by atomic mass is 9.97. The third kappa shape index (κ3) is 3.62. The molecule has 1 aromatic rings. The van der Waals surface area contributed by atoms with Crippen molar-refractivity contribution in [2.24, 2.45) is 5.92 Å². The monoisotopic (exact) mass is 367 g/mol. The van der Waals surface area contributed by atoms with E-state index in [-0.39, 0.29) is 29.2 Å². The summed E-state index contributed by atoms with van der Waals surface area (Å²) in [5.74, 6) is -0.0332. The van der Waals surface area contributed by atoms with Crippen LogP contribution in [0.4, 0.5) is 5.69 Å². The minimum absolute atomic E-state index is 0.0202. The SMILES string of the molecule is CCNC(=O)C1CCN(S(=O)(=O)c2ccc3c(c2)NC(=O)CO3)CC1. The van der Waals surface area contributed by atoms with Crippen molar-refractivity contribution in [1.29, 1.82) is 0 Å². The minimum Gasteiger partial charge on any atom is -0.482 e. The second-order valence-corrected chi connectivity index (χ2v) is 8.01. The Morgan fingerprint density at radius 2 is 2.08 bits per heavy atom. The van der Waals surface area contributed by atoms with Gasteiger partial charge < -0.3 is 15.4 Å². The molecule has 0 radical (unpaired) electrons. The Kier molecular flexibility index (Phi) is 4.96. The zero-order chi connectivity index (χ0) is 18.0. The first-order valence-electron chi connectivity index (χ1n) is 8.26. The van der Waals surface area contributed by atoms with Crippen molar-refractivity contribution in [3.05, 3.63) is 18.2 Å². The number of benzene rings is 1. The van der Waals surface area contributed by atoms with Crippen LogP contribution >= 0.6 is 0 Å². The average Bonchev–Trinajstić information content (AvgIpc) is 2.61. The molecule has 0 aromatic heterocycles. The standard InChI is InChI=1S/C16H21N3O5S/c1-2-17-16(21)11-5-7-19(8-6-11)25(22,23)12-3-4-14-13(9-12)18-15(20)10-24-14/h3-4,9,11H,2,5-8,10H2,1H3,(H,17,21)(H,18,20). The van der Waals surface area contributed by atoms with Crippen LogP contribution in [-0.2, 0) is 19.6 Å². The van der Waals surface area contributed by atoms with E-state index >= 15 is 0 Å². The van der Waals surface area contributed by atoms with E-state index in [1.54, 1.807) is 6.07 Å². The number of hydrogen-bond donors (Lipinski definition) is 2.